The Bertz CT molecular complexity index is 378. The van der Waals surface area contributed by atoms with Gasteiger partial charge in [0.25, 0.3) is 0 Å². The first-order valence-corrected chi connectivity index (χ1v) is 7.28. The SMILES string of the molecule is CN(CCC(N)(CO)c1ccccc1)CC1CCC1. The predicted octanol–water partition coefficient (Wildman–Crippen LogP) is 1.95. The largest absolute Gasteiger partial charge is 0.394 e. The summed E-state index contributed by atoms with van der Waals surface area (Å²) >= 11 is 0. The van der Waals surface area contributed by atoms with Gasteiger partial charge in [0.1, 0.15) is 0 Å². The maximum Gasteiger partial charge on any atom is 0.0656 e. The van der Waals surface area contributed by atoms with Gasteiger partial charge >= 0.3 is 0 Å². The van der Waals surface area contributed by atoms with Gasteiger partial charge in [-0.1, -0.05) is 36.8 Å². The molecule has 1 fully saturated rings. The molecule has 3 nitrogen and oxygen atoms in total. The molecule has 0 aliphatic heterocycles. The zero-order valence-electron chi connectivity index (χ0n) is 11.9. The first kappa shape index (κ1) is 14.5. The van der Waals surface area contributed by atoms with Crippen LogP contribution in [-0.4, -0.2) is 36.8 Å². The van der Waals surface area contributed by atoms with Crippen molar-refractivity contribution in [3.05, 3.63) is 35.9 Å². The van der Waals surface area contributed by atoms with Crippen molar-refractivity contribution in [2.45, 2.75) is 31.2 Å². The van der Waals surface area contributed by atoms with E-state index in [4.69, 9.17) is 5.73 Å². The summed E-state index contributed by atoms with van der Waals surface area (Å²) in [5, 5.41) is 9.65. The summed E-state index contributed by atoms with van der Waals surface area (Å²) in [5.74, 6) is 0.878. The summed E-state index contributed by atoms with van der Waals surface area (Å²) in [6, 6.07) is 9.93. The van der Waals surface area contributed by atoms with E-state index in [-0.39, 0.29) is 6.61 Å². The zero-order chi connectivity index (χ0) is 13.7. The third kappa shape index (κ3) is 3.78. The molecule has 0 saturated heterocycles. The van der Waals surface area contributed by atoms with E-state index in [2.05, 4.69) is 11.9 Å². The van der Waals surface area contributed by atoms with Crippen LogP contribution in [0.1, 0.15) is 31.2 Å². The van der Waals surface area contributed by atoms with Gasteiger partial charge in [0.15, 0.2) is 0 Å². The molecule has 1 aromatic carbocycles. The first-order valence-electron chi connectivity index (χ1n) is 7.28. The Labute approximate surface area is 116 Å². The molecule has 0 bridgehead atoms. The minimum atomic E-state index is -0.616. The van der Waals surface area contributed by atoms with Crippen molar-refractivity contribution in [2.75, 3.05) is 26.7 Å². The number of hydrogen-bond donors (Lipinski definition) is 2. The highest BCUT2D eigenvalue weighted by Crippen LogP contribution is 2.27. The molecule has 2 rings (SSSR count). The molecule has 0 spiro atoms. The Kier molecular flexibility index (Phi) is 4.97. The van der Waals surface area contributed by atoms with Crippen molar-refractivity contribution in [3.63, 3.8) is 0 Å². The van der Waals surface area contributed by atoms with Crippen molar-refractivity contribution < 1.29 is 5.11 Å². The minimum Gasteiger partial charge on any atom is -0.394 e. The van der Waals surface area contributed by atoms with Crippen molar-refractivity contribution in [2.24, 2.45) is 11.7 Å². The van der Waals surface area contributed by atoms with Crippen LogP contribution in [0.2, 0.25) is 0 Å². The van der Waals surface area contributed by atoms with Crippen LogP contribution >= 0.6 is 0 Å². The Morgan fingerprint density at radius 1 is 1.32 bits per heavy atom. The molecule has 19 heavy (non-hydrogen) atoms. The van der Waals surface area contributed by atoms with Gasteiger partial charge in [0.2, 0.25) is 0 Å². The van der Waals surface area contributed by atoms with Crippen LogP contribution in [0, 0.1) is 5.92 Å². The summed E-state index contributed by atoms with van der Waals surface area (Å²) in [5.41, 5.74) is 6.77. The monoisotopic (exact) mass is 262 g/mol. The van der Waals surface area contributed by atoms with Crippen LogP contribution in [0.4, 0.5) is 0 Å². The normalized spacial score (nSPS) is 19.2. The van der Waals surface area contributed by atoms with E-state index in [1.807, 2.05) is 30.3 Å². The van der Waals surface area contributed by atoms with E-state index >= 15 is 0 Å². The van der Waals surface area contributed by atoms with Crippen molar-refractivity contribution in [1.82, 2.24) is 4.90 Å². The number of nitrogens with two attached hydrogens (primary N) is 1. The zero-order valence-corrected chi connectivity index (χ0v) is 11.9. The quantitative estimate of drug-likeness (QED) is 0.789. The third-order valence-electron chi connectivity index (χ3n) is 4.37. The topological polar surface area (TPSA) is 49.5 Å². The molecule has 3 N–H and O–H groups in total. The Hall–Kier alpha value is -0.900. The fourth-order valence-corrected chi connectivity index (χ4v) is 2.68. The molecule has 1 aliphatic rings. The summed E-state index contributed by atoms with van der Waals surface area (Å²) < 4.78 is 0. The van der Waals surface area contributed by atoms with Crippen LogP contribution in [0.5, 0.6) is 0 Å². The molecule has 1 unspecified atom stereocenters. The molecule has 0 heterocycles. The molecule has 1 atom stereocenters. The lowest BCUT2D eigenvalue weighted by atomic mass is 9.84. The summed E-state index contributed by atoms with van der Waals surface area (Å²) in [4.78, 5) is 2.35. The van der Waals surface area contributed by atoms with Crippen LogP contribution in [0.15, 0.2) is 30.3 Å². The van der Waals surface area contributed by atoms with Gasteiger partial charge < -0.3 is 15.7 Å². The number of rotatable bonds is 7. The second-order valence-corrected chi connectivity index (χ2v) is 5.99. The number of nitrogens with zero attached hydrogens (tertiary/aromatic N) is 1. The standard InChI is InChI=1S/C16H26N2O/c1-18(12-14-6-5-7-14)11-10-16(17,13-19)15-8-3-2-4-9-15/h2-4,8-9,14,19H,5-7,10-13,17H2,1H3. The molecule has 0 radical (unpaired) electrons. The second-order valence-electron chi connectivity index (χ2n) is 5.99. The second kappa shape index (κ2) is 6.51. The van der Waals surface area contributed by atoms with Gasteiger partial charge in [-0.15, -0.1) is 0 Å². The first-order chi connectivity index (χ1) is 9.14. The number of aliphatic hydroxyl groups is 1. The Balaban J connectivity index is 1.87. The maximum atomic E-state index is 9.65. The summed E-state index contributed by atoms with van der Waals surface area (Å²) in [6.45, 7) is 2.09. The highest BCUT2D eigenvalue weighted by molar-refractivity contribution is 5.24. The lowest BCUT2D eigenvalue weighted by Crippen LogP contribution is -2.44. The maximum absolute atomic E-state index is 9.65. The summed E-state index contributed by atoms with van der Waals surface area (Å²) in [6.07, 6.45) is 4.92. The Morgan fingerprint density at radius 3 is 2.53 bits per heavy atom. The smallest absolute Gasteiger partial charge is 0.0656 e. The van der Waals surface area contributed by atoms with Gasteiger partial charge in [-0.25, -0.2) is 0 Å². The highest BCUT2D eigenvalue weighted by Gasteiger charge is 2.27. The van der Waals surface area contributed by atoms with Crippen molar-refractivity contribution >= 4 is 0 Å². The van der Waals surface area contributed by atoms with E-state index in [1.165, 1.54) is 19.3 Å². The fraction of sp³-hybridized carbons (Fsp3) is 0.625. The van der Waals surface area contributed by atoms with Gasteiger partial charge in [-0.3, -0.25) is 0 Å². The van der Waals surface area contributed by atoms with Crippen LogP contribution in [-0.2, 0) is 5.54 Å². The molecular weight excluding hydrogens is 236 g/mol. The average molecular weight is 262 g/mol. The third-order valence-corrected chi connectivity index (χ3v) is 4.37. The molecule has 1 aromatic rings. The lowest BCUT2D eigenvalue weighted by Gasteiger charge is -2.33. The average Bonchev–Trinajstić information content (AvgIpc) is 2.41. The van der Waals surface area contributed by atoms with Crippen molar-refractivity contribution in [3.8, 4) is 0 Å². The number of hydrogen-bond acceptors (Lipinski definition) is 3. The number of aliphatic hydroxyl groups excluding tert-OH is 1. The van der Waals surface area contributed by atoms with Gasteiger partial charge in [0.05, 0.1) is 12.1 Å². The van der Waals surface area contributed by atoms with Gasteiger partial charge in [0, 0.05) is 13.1 Å². The molecular formula is C16H26N2O. The van der Waals surface area contributed by atoms with Gasteiger partial charge in [-0.2, -0.15) is 0 Å². The van der Waals surface area contributed by atoms with Crippen LogP contribution in [0.3, 0.4) is 0 Å². The van der Waals surface area contributed by atoms with Gasteiger partial charge in [-0.05, 0) is 37.8 Å². The Morgan fingerprint density at radius 2 is 2.00 bits per heavy atom. The number of benzene rings is 1. The molecule has 1 saturated carbocycles. The van der Waals surface area contributed by atoms with E-state index in [9.17, 15) is 5.11 Å². The molecule has 106 valence electrons. The minimum absolute atomic E-state index is 0.00567. The fourth-order valence-electron chi connectivity index (χ4n) is 2.68. The van der Waals surface area contributed by atoms with E-state index in [1.54, 1.807) is 0 Å². The molecule has 3 heteroatoms. The van der Waals surface area contributed by atoms with Crippen LogP contribution < -0.4 is 5.73 Å². The van der Waals surface area contributed by atoms with Crippen molar-refractivity contribution in [1.29, 1.82) is 0 Å². The van der Waals surface area contributed by atoms with E-state index in [0.29, 0.717) is 0 Å². The molecule has 0 amide bonds. The summed E-state index contributed by atoms with van der Waals surface area (Å²) in [7, 11) is 2.15. The van der Waals surface area contributed by atoms with Crippen LogP contribution in [0.25, 0.3) is 0 Å². The van der Waals surface area contributed by atoms with E-state index < -0.39 is 5.54 Å². The molecule has 0 aromatic heterocycles. The van der Waals surface area contributed by atoms with E-state index in [0.717, 1.165) is 31.0 Å². The highest BCUT2D eigenvalue weighted by atomic mass is 16.3. The molecule has 1 aliphatic carbocycles. The lowest BCUT2D eigenvalue weighted by molar-refractivity contribution is 0.153. The predicted molar refractivity (Wildman–Crippen MR) is 78.8 cm³/mol.